The predicted octanol–water partition coefficient (Wildman–Crippen LogP) is 1.22. The summed E-state index contributed by atoms with van der Waals surface area (Å²) in [6, 6.07) is 1.84. The predicted molar refractivity (Wildman–Crippen MR) is 66.8 cm³/mol. The first-order valence-corrected chi connectivity index (χ1v) is 6.58. The Kier molecular flexibility index (Phi) is 2.64. The van der Waals surface area contributed by atoms with Crippen molar-refractivity contribution in [2.45, 2.75) is 24.9 Å². The zero-order valence-electron chi connectivity index (χ0n) is 9.55. The van der Waals surface area contributed by atoms with Crippen molar-refractivity contribution < 1.29 is 0 Å². The van der Waals surface area contributed by atoms with Gasteiger partial charge in [0.05, 0.1) is 0 Å². The molecule has 0 atom stereocenters. The fourth-order valence-corrected chi connectivity index (χ4v) is 2.61. The average Bonchev–Trinajstić information content (AvgIpc) is 3.05. The molecule has 1 aliphatic carbocycles. The Morgan fingerprint density at radius 3 is 3.06 bits per heavy atom. The van der Waals surface area contributed by atoms with Crippen LogP contribution in [0.2, 0.25) is 0 Å². The second-order valence-corrected chi connectivity index (χ2v) is 5.27. The van der Waals surface area contributed by atoms with Gasteiger partial charge in [-0.3, -0.25) is 0 Å². The monoisotopic (exact) mass is 250 g/mol. The lowest BCUT2D eigenvalue weighted by molar-refractivity contribution is 0.872. The summed E-state index contributed by atoms with van der Waals surface area (Å²) in [5.74, 6) is 8.71. The number of aryl methyl sites for hydroxylation is 1. The maximum atomic E-state index is 5.45. The van der Waals surface area contributed by atoms with Gasteiger partial charge < -0.3 is 5.43 Å². The van der Waals surface area contributed by atoms with E-state index < -0.39 is 0 Å². The van der Waals surface area contributed by atoms with E-state index in [9.17, 15) is 0 Å². The fraction of sp³-hybridized carbons (Fsp3) is 0.500. The highest BCUT2D eigenvalue weighted by molar-refractivity contribution is 7.99. The number of thioether (sulfide) groups is 1. The highest BCUT2D eigenvalue weighted by atomic mass is 32.2. The fourth-order valence-electron chi connectivity index (χ4n) is 1.61. The van der Waals surface area contributed by atoms with Crippen LogP contribution in [0.5, 0.6) is 0 Å². The lowest BCUT2D eigenvalue weighted by atomic mass is 10.4. The second-order valence-electron chi connectivity index (χ2n) is 4.29. The van der Waals surface area contributed by atoms with Crippen LogP contribution >= 0.6 is 11.8 Å². The summed E-state index contributed by atoms with van der Waals surface area (Å²) in [5, 5.41) is 5.16. The topological polar surface area (TPSA) is 81.1 Å². The molecular formula is C10H14N6S. The molecule has 3 N–H and O–H groups in total. The van der Waals surface area contributed by atoms with Crippen molar-refractivity contribution in [3.05, 3.63) is 11.8 Å². The molecule has 0 radical (unpaired) electrons. The molecular weight excluding hydrogens is 236 g/mol. The van der Waals surface area contributed by atoms with E-state index in [-0.39, 0.29) is 0 Å². The van der Waals surface area contributed by atoms with Gasteiger partial charge in [-0.05, 0) is 25.7 Å². The van der Waals surface area contributed by atoms with Crippen LogP contribution in [0.25, 0.3) is 5.78 Å². The number of hydrazine groups is 1. The van der Waals surface area contributed by atoms with E-state index in [1.165, 1.54) is 12.8 Å². The van der Waals surface area contributed by atoms with Crippen LogP contribution in [0.15, 0.2) is 11.2 Å². The number of rotatable bonds is 4. The van der Waals surface area contributed by atoms with Gasteiger partial charge in [0.1, 0.15) is 5.82 Å². The summed E-state index contributed by atoms with van der Waals surface area (Å²) < 4.78 is 1.64. The number of hydrogen-bond donors (Lipinski definition) is 2. The summed E-state index contributed by atoms with van der Waals surface area (Å²) >= 11 is 1.69. The molecule has 2 aromatic heterocycles. The molecule has 90 valence electrons. The number of hydrogen-bond acceptors (Lipinski definition) is 6. The van der Waals surface area contributed by atoms with Crippen LogP contribution in [0.4, 0.5) is 5.82 Å². The molecule has 0 aliphatic heterocycles. The Morgan fingerprint density at radius 1 is 1.53 bits per heavy atom. The molecule has 1 fully saturated rings. The number of nitrogens with one attached hydrogen (secondary N) is 1. The smallest absolute Gasteiger partial charge is 0.255 e. The number of nitrogen functional groups attached to an aromatic ring is 1. The number of nitrogens with two attached hydrogens (primary N) is 1. The van der Waals surface area contributed by atoms with E-state index in [4.69, 9.17) is 5.84 Å². The zero-order valence-corrected chi connectivity index (χ0v) is 10.4. The van der Waals surface area contributed by atoms with E-state index in [2.05, 4.69) is 20.5 Å². The van der Waals surface area contributed by atoms with E-state index in [0.29, 0.717) is 11.6 Å². The third-order valence-electron chi connectivity index (χ3n) is 2.71. The van der Waals surface area contributed by atoms with Gasteiger partial charge >= 0.3 is 0 Å². The minimum absolute atomic E-state index is 0.594. The van der Waals surface area contributed by atoms with Crippen molar-refractivity contribution in [3.8, 4) is 0 Å². The maximum Gasteiger partial charge on any atom is 0.255 e. The molecule has 17 heavy (non-hydrogen) atoms. The van der Waals surface area contributed by atoms with Crippen molar-refractivity contribution in [1.29, 1.82) is 0 Å². The van der Waals surface area contributed by atoms with Gasteiger partial charge in [-0.1, -0.05) is 11.8 Å². The Balaban J connectivity index is 1.92. The Morgan fingerprint density at radius 2 is 2.35 bits per heavy atom. The summed E-state index contributed by atoms with van der Waals surface area (Å²) in [7, 11) is 0. The van der Waals surface area contributed by atoms with Gasteiger partial charge in [-0.25, -0.2) is 10.8 Å². The second kappa shape index (κ2) is 4.15. The SMILES string of the molecule is Cc1cc(NN)n2nc(SCC3CC3)nc2n1. The molecule has 1 aliphatic rings. The number of nitrogens with zero attached hydrogens (tertiary/aromatic N) is 4. The third kappa shape index (κ3) is 2.20. The molecule has 7 heteroatoms. The number of anilines is 1. The first-order chi connectivity index (χ1) is 8.26. The Bertz CT molecular complexity index is 547. The molecule has 0 aromatic carbocycles. The third-order valence-corrected chi connectivity index (χ3v) is 3.78. The van der Waals surface area contributed by atoms with Crippen LogP contribution in [0.1, 0.15) is 18.5 Å². The van der Waals surface area contributed by atoms with E-state index in [1.807, 2.05) is 13.0 Å². The highest BCUT2D eigenvalue weighted by Gasteiger charge is 2.22. The average molecular weight is 250 g/mol. The van der Waals surface area contributed by atoms with Crippen molar-refractivity contribution in [3.63, 3.8) is 0 Å². The van der Waals surface area contributed by atoms with Crippen molar-refractivity contribution >= 4 is 23.4 Å². The first-order valence-electron chi connectivity index (χ1n) is 5.60. The zero-order chi connectivity index (χ0) is 11.8. The van der Waals surface area contributed by atoms with Gasteiger partial charge in [-0.15, -0.1) is 5.10 Å². The lowest BCUT2D eigenvalue weighted by Gasteiger charge is -2.02. The van der Waals surface area contributed by atoms with Gasteiger partial charge in [0.25, 0.3) is 5.78 Å². The number of aromatic nitrogens is 4. The first kappa shape index (κ1) is 10.8. The van der Waals surface area contributed by atoms with E-state index in [0.717, 1.165) is 22.5 Å². The van der Waals surface area contributed by atoms with Crippen molar-refractivity contribution in [2.75, 3.05) is 11.2 Å². The highest BCUT2D eigenvalue weighted by Crippen LogP contribution is 2.34. The molecule has 3 rings (SSSR count). The summed E-state index contributed by atoms with van der Waals surface area (Å²) in [6.07, 6.45) is 2.68. The molecule has 2 heterocycles. The maximum absolute atomic E-state index is 5.45. The summed E-state index contributed by atoms with van der Waals surface area (Å²) in [6.45, 7) is 1.91. The van der Waals surface area contributed by atoms with Crippen molar-refractivity contribution in [2.24, 2.45) is 11.8 Å². The molecule has 2 aromatic rings. The van der Waals surface area contributed by atoms with Crippen LogP contribution in [-0.4, -0.2) is 25.3 Å². The molecule has 0 amide bonds. The lowest BCUT2D eigenvalue weighted by Crippen LogP contribution is -2.12. The van der Waals surface area contributed by atoms with Crippen LogP contribution in [-0.2, 0) is 0 Å². The van der Waals surface area contributed by atoms with Gasteiger partial charge in [0.15, 0.2) is 0 Å². The normalized spacial score (nSPS) is 15.4. The minimum Gasteiger partial charge on any atom is -0.308 e. The molecule has 0 spiro atoms. The van der Waals surface area contributed by atoms with Crippen LogP contribution in [0.3, 0.4) is 0 Å². The Labute approximate surface area is 103 Å². The molecule has 6 nitrogen and oxygen atoms in total. The van der Waals surface area contributed by atoms with Gasteiger partial charge in [0.2, 0.25) is 5.16 Å². The Hall–Kier alpha value is -1.34. The van der Waals surface area contributed by atoms with E-state index in [1.54, 1.807) is 16.3 Å². The van der Waals surface area contributed by atoms with Crippen LogP contribution in [0, 0.1) is 12.8 Å². The summed E-state index contributed by atoms with van der Waals surface area (Å²) in [5.41, 5.74) is 3.48. The molecule has 0 bridgehead atoms. The largest absolute Gasteiger partial charge is 0.308 e. The minimum atomic E-state index is 0.594. The van der Waals surface area contributed by atoms with Gasteiger partial charge in [-0.2, -0.15) is 9.50 Å². The summed E-state index contributed by atoms with van der Waals surface area (Å²) in [4.78, 5) is 8.72. The van der Waals surface area contributed by atoms with Crippen LogP contribution < -0.4 is 11.3 Å². The van der Waals surface area contributed by atoms with Gasteiger partial charge in [0, 0.05) is 17.5 Å². The van der Waals surface area contributed by atoms with E-state index >= 15 is 0 Å². The van der Waals surface area contributed by atoms with Crippen molar-refractivity contribution in [1.82, 2.24) is 19.6 Å². The molecule has 1 saturated carbocycles. The number of fused-ring (bicyclic) bond motifs is 1. The molecule has 0 unspecified atom stereocenters. The molecule has 0 saturated heterocycles. The standard InChI is InChI=1S/C10H14N6S/c1-6-4-8(14-11)16-9(12-6)13-10(15-16)17-5-7-2-3-7/h4,7,14H,2-3,5,11H2,1H3. The quantitative estimate of drug-likeness (QED) is 0.482.